The number of nitrogens with one attached hydrogen (secondary N) is 2. The van der Waals surface area contributed by atoms with E-state index >= 15 is 0 Å². The van der Waals surface area contributed by atoms with E-state index in [0.717, 1.165) is 11.1 Å². The summed E-state index contributed by atoms with van der Waals surface area (Å²) in [7, 11) is 0. The van der Waals surface area contributed by atoms with Crippen LogP contribution < -0.4 is 10.9 Å². The molecular formula is C21H18FN5O. The maximum Gasteiger partial charge on any atom is 0.258 e. The van der Waals surface area contributed by atoms with Crippen LogP contribution >= 0.6 is 0 Å². The number of aromatic nitrogens is 4. The molecule has 4 rings (SSSR count). The summed E-state index contributed by atoms with van der Waals surface area (Å²) in [5.41, 5.74) is 2.96. The zero-order valence-corrected chi connectivity index (χ0v) is 15.2. The summed E-state index contributed by atoms with van der Waals surface area (Å²) in [6, 6.07) is 15.6. The quantitative estimate of drug-likeness (QED) is 0.555. The van der Waals surface area contributed by atoms with Gasteiger partial charge >= 0.3 is 0 Å². The standard InChI is InChI=1S/C21H18FN5O/c1-13(14-2-5-16(22)6-3-14)11-23-20-9-8-18(26-27-20)15-4-7-19-17(10-15)21(28)25-12-24-19/h2-10,12-13H,11H2,1H3,(H,23,27)(H,24,25,28). The molecule has 140 valence electrons. The zero-order valence-electron chi connectivity index (χ0n) is 15.2. The van der Waals surface area contributed by atoms with Crippen LogP contribution in [0.1, 0.15) is 18.4 Å². The van der Waals surface area contributed by atoms with Gasteiger partial charge in [0.1, 0.15) is 11.6 Å². The zero-order chi connectivity index (χ0) is 19.5. The fourth-order valence-corrected chi connectivity index (χ4v) is 2.98. The van der Waals surface area contributed by atoms with E-state index in [-0.39, 0.29) is 17.3 Å². The van der Waals surface area contributed by atoms with Crippen molar-refractivity contribution in [3.8, 4) is 11.3 Å². The van der Waals surface area contributed by atoms with Crippen LogP contribution in [0.15, 0.2) is 65.7 Å². The van der Waals surface area contributed by atoms with Gasteiger partial charge in [-0.25, -0.2) is 9.37 Å². The monoisotopic (exact) mass is 375 g/mol. The van der Waals surface area contributed by atoms with Gasteiger partial charge in [-0.05, 0) is 47.9 Å². The van der Waals surface area contributed by atoms with E-state index in [1.165, 1.54) is 18.5 Å². The molecule has 28 heavy (non-hydrogen) atoms. The number of fused-ring (bicyclic) bond motifs is 1. The largest absolute Gasteiger partial charge is 0.368 e. The van der Waals surface area contributed by atoms with Gasteiger partial charge in [0.15, 0.2) is 0 Å². The molecule has 0 bridgehead atoms. The molecule has 6 nitrogen and oxygen atoms in total. The topological polar surface area (TPSA) is 83.6 Å². The van der Waals surface area contributed by atoms with Gasteiger partial charge in [0.2, 0.25) is 0 Å². The summed E-state index contributed by atoms with van der Waals surface area (Å²) in [4.78, 5) is 18.7. The van der Waals surface area contributed by atoms with Gasteiger partial charge in [-0.15, -0.1) is 10.2 Å². The molecule has 0 aliphatic heterocycles. The Labute approximate surface area is 160 Å². The highest BCUT2D eigenvalue weighted by atomic mass is 19.1. The minimum Gasteiger partial charge on any atom is -0.368 e. The van der Waals surface area contributed by atoms with Crippen molar-refractivity contribution in [3.63, 3.8) is 0 Å². The van der Waals surface area contributed by atoms with Crippen molar-refractivity contribution in [2.24, 2.45) is 0 Å². The second kappa shape index (κ2) is 7.56. The third kappa shape index (κ3) is 3.73. The smallest absolute Gasteiger partial charge is 0.258 e. The van der Waals surface area contributed by atoms with Gasteiger partial charge in [-0.1, -0.05) is 25.1 Å². The molecule has 2 aromatic carbocycles. The highest BCUT2D eigenvalue weighted by Gasteiger charge is 2.08. The third-order valence-electron chi connectivity index (χ3n) is 4.63. The molecular weight excluding hydrogens is 357 g/mol. The molecule has 0 aliphatic carbocycles. The number of aromatic amines is 1. The molecule has 1 unspecified atom stereocenters. The van der Waals surface area contributed by atoms with Crippen molar-refractivity contribution in [3.05, 3.63) is 82.7 Å². The normalized spacial score (nSPS) is 12.1. The first kappa shape index (κ1) is 17.8. The predicted molar refractivity (Wildman–Crippen MR) is 107 cm³/mol. The lowest BCUT2D eigenvalue weighted by molar-refractivity contribution is 0.626. The predicted octanol–water partition coefficient (Wildman–Crippen LogP) is 3.73. The van der Waals surface area contributed by atoms with Crippen LogP contribution in [-0.4, -0.2) is 26.7 Å². The SMILES string of the molecule is CC(CNc1ccc(-c2ccc3nc[nH]c(=O)c3c2)nn1)c1ccc(F)cc1. The summed E-state index contributed by atoms with van der Waals surface area (Å²) in [6.45, 7) is 2.71. The summed E-state index contributed by atoms with van der Waals surface area (Å²) in [5, 5.41) is 12.2. The second-order valence-electron chi connectivity index (χ2n) is 6.60. The molecule has 2 heterocycles. The highest BCUT2D eigenvalue weighted by molar-refractivity contribution is 5.82. The summed E-state index contributed by atoms with van der Waals surface area (Å²) in [5.74, 6) is 0.608. The molecule has 4 aromatic rings. The van der Waals surface area contributed by atoms with Crippen LogP contribution in [0.2, 0.25) is 0 Å². The van der Waals surface area contributed by atoms with Crippen molar-refractivity contribution in [2.75, 3.05) is 11.9 Å². The molecule has 0 radical (unpaired) electrons. The van der Waals surface area contributed by atoms with Crippen LogP contribution in [0.3, 0.4) is 0 Å². The Balaban J connectivity index is 1.47. The number of H-pyrrole nitrogens is 1. The van der Waals surface area contributed by atoms with Gasteiger partial charge in [0.25, 0.3) is 5.56 Å². The molecule has 0 spiro atoms. The van der Waals surface area contributed by atoms with Gasteiger partial charge in [0, 0.05) is 12.1 Å². The maximum atomic E-state index is 13.0. The average molecular weight is 375 g/mol. The third-order valence-corrected chi connectivity index (χ3v) is 4.63. The van der Waals surface area contributed by atoms with Crippen LogP contribution in [0.4, 0.5) is 10.2 Å². The second-order valence-corrected chi connectivity index (χ2v) is 6.60. The fraction of sp³-hybridized carbons (Fsp3) is 0.143. The summed E-state index contributed by atoms with van der Waals surface area (Å²) in [6.07, 6.45) is 1.39. The van der Waals surface area contributed by atoms with Crippen LogP contribution in [0.5, 0.6) is 0 Å². The minimum atomic E-state index is -0.239. The summed E-state index contributed by atoms with van der Waals surface area (Å²) < 4.78 is 13.0. The van der Waals surface area contributed by atoms with Gasteiger partial charge in [-0.3, -0.25) is 4.79 Å². The van der Waals surface area contributed by atoms with Crippen molar-refractivity contribution in [1.82, 2.24) is 20.2 Å². The van der Waals surface area contributed by atoms with Crippen molar-refractivity contribution >= 4 is 16.7 Å². The fourth-order valence-electron chi connectivity index (χ4n) is 2.98. The molecule has 1 atom stereocenters. The van der Waals surface area contributed by atoms with Gasteiger partial charge in [0.05, 0.1) is 22.9 Å². The number of halogens is 1. The van der Waals surface area contributed by atoms with E-state index in [9.17, 15) is 9.18 Å². The van der Waals surface area contributed by atoms with Gasteiger partial charge < -0.3 is 10.3 Å². The first-order chi connectivity index (χ1) is 13.6. The van der Waals surface area contributed by atoms with Crippen molar-refractivity contribution in [2.45, 2.75) is 12.8 Å². The number of hydrogen-bond donors (Lipinski definition) is 2. The Morgan fingerprint density at radius 3 is 2.64 bits per heavy atom. The number of hydrogen-bond acceptors (Lipinski definition) is 5. The van der Waals surface area contributed by atoms with Crippen LogP contribution in [0.25, 0.3) is 22.2 Å². The Morgan fingerprint density at radius 2 is 1.89 bits per heavy atom. The number of anilines is 1. The lowest BCUT2D eigenvalue weighted by Gasteiger charge is -2.13. The lowest BCUT2D eigenvalue weighted by Crippen LogP contribution is -2.11. The molecule has 0 aliphatic rings. The van der Waals surface area contributed by atoms with Crippen LogP contribution in [-0.2, 0) is 0 Å². The Morgan fingerprint density at radius 1 is 1.07 bits per heavy atom. The molecule has 0 saturated carbocycles. The molecule has 0 amide bonds. The van der Waals surface area contributed by atoms with Crippen molar-refractivity contribution < 1.29 is 4.39 Å². The first-order valence-electron chi connectivity index (χ1n) is 8.91. The minimum absolute atomic E-state index is 0.187. The van der Waals surface area contributed by atoms with Gasteiger partial charge in [-0.2, -0.15) is 0 Å². The maximum absolute atomic E-state index is 13.0. The highest BCUT2D eigenvalue weighted by Crippen LogP contribution is 2.21. The lowest BCUT2D eigenvalue weighted by atomic mass is 10.0. The number of benzene rings is 2. The summed E-state index contributed by atoms with van der Waals surface area (Å²) >= 11 is 0. The Kier molecular flexibility index (Phi) is 4.80. The number of nitrogens with zero attached hydrogens (tertiary/aromatic N) is 3. The average Bonchev–Trinajstić information content (AvgIpc) is 2.73. The van der Waals surface area contributed by atoms with E-state index < -0.39 is 0 Å². The molecule has 2 aromatic heterocycles. The number of rotatable bonds is 5. The molecule has 0 saturated heterocycles. The van der Waals surface area contributed by atoms with E-state index in [0.29, 0.717) is 29.0 Å². The van der Waals surface area contributed by atoms with E-state index in [2.05, 4.69) is 32.4 Å². The Hall–Kier alpha value is -3.61. The van der Waals surface area contributed by atoms with Crippen LogP contribution in [0, 0.1) is 5.82 Å². The Bertz CT molecular complexity index is 1160. The van der Waals surface area contributed by atoms with E-state index in [1.54, 1.807) is 24.3 Å². The van der Waals surface area contributed by atoms with E-state index in [4.69, 9.17) is 0 Å². The van der Waals surface area contributed by atoms with E-state index in [1.807, 2.05) is 18.2 Å². The van der Waals surface area contributed by atoms with Crippen molar-refractivity contribution in [1.29, 1.82) is 0 Å². The molecule has 2 N–H and O–H groups in total. The molecule has 0 fully saturated rings. The first-order valence-corrected chi connectivity index (χ1v) is 8.91. The molecule has 7 heteroatoms.